The Hall–Kier alpha value is -8.43. The molecule has 4 aromatic carbocycles. The van der Waals surface area contributed by atoms with Crippen molar-refractivity contribution < 1.29 is 48.5 Å². The third kappa shape index (κ3) is 11.6. The Morgan fingerprint density at radius 2 is 1.04 bits per heavy atom. The van der Waals surface area contributed by atoms with Crippen LogP contribution in [0.3, 0.4) is 0 Å². The number of aromatic nitrogens is 6. The third-order valence-corrected chi connectivity index (χ3v) is 16.4. The van der Waals surface area contributed by atoms with Gasteiger partial charge in [0, 0.05) is 40.5 Å². The van der Waals surface area contributed by atoms with E-state index in [-0.39, 0.29) is 54.1 Å². The largest absolute Gasteiger partial charge is 3.00 e. The van der Waals surface area contributed by atoms with E-state index in [1.807, 2.05) is 193 Å². The first-order valence-electron chi connectivity index (χ1n) is 26.2. The molecule has 82 heavy (non-hydrogen) atoms. The Kier molecular flexibility index (Phi) is 17.9. The number of thiazole rings is 2. The van der Waals surface area contributed by atoms with Gasteiger partial charge in [-0.1, -0.05) is 127 Å². The molecule has 12 nitrogen and oxygen atoms in total. The van der Waals surface area contributed by atoms with Crippen LogP contribution in [0, 0.1) is 13.8 Å². The van der Waals surface area contributed by atoms with E-state index < -0.39 is 0 Å². The Morgan fingerprint density at radius 1 is 0.573 bits per heavy atom. The van der Waals surface area contributed by atoms with Crippen molar-refractivity contribution in [3.63, 3.8) is 0 Å². The second-order valence-corrected chi connectivity index (χ2v) is 21.1. The zero-order valence-electron chi connectivity index (χ0n) is 46.0. The maximum Gasteiger partial charge on any atom is 3.00 e. The van der Waals surface area contributed by atoms with Gasteiger partial charge in [-0.2, -0.15) is 9.98 Å². The zero-order valence-corrected chi connectivity index (χ0v) is 49.5. The van der Waals surface area contributed by atoms with Crippen LogP contribution in [0.2, 0.25) is 0 Å². The summed E-state index contributed by atoms with van der Waals surface area (Å²) in [5, 5.41) is 4.06. The number of methoxy groups -OCH3 is 2. The molecule has 1 radical (unpaired) electrons. The third-order valence-electron chi connectivity index (χ3n) is 14.7. The molecule has 8 bridgehead atoms. The van der Waals surface area contributed by atoms with Crippen LogP contribution in [-0.4, -0.2) is 45.1 Å². The smallest absolute Gasteiger partial charge is 1.00 e. The second kappa shape index (κ2) is 25.2. The van der Waals surface area contributed by atoms with Gasteiger partial charge in [0.15, 0.2) is 9.60 Å². The minimum atomic E-state index is -0.278. The number of carbonyl (C=O) groups is 2. The van der Waals surface area contributed by atoms with Crippen molar-refractivity contribution >= 4 is 84.9 Å². The van der Waals surface area contributed by atoms with Gasteiger partial charge < -0.3 is 31.8 Å². The molecule has 11 rings (SSSR count). The fraction of sp³-hybridized carbons (Fsp3) is 0.152. The number of aryl methyl sites for hydroxylation is 3. The van der Waals surface area contributed by atoms with Crippen molar-refractivity contribution in [3.8, 4) is 45.4 Å². The molecule has 0 unspecified atom stereocenters. The topological polar surface area (TPSA) is 141 Å². The molecule has 0 saturated heterocycles. The van der Waals surface area contributed by atoms with E-state index in [0.717, 1.165) is 107 Å². The number of hydrogen-bond acceptors (Lipinski definition) is 8. The normalized spacial score (nSPS) is 12.5. The summed E-state index contributed by atoms with van der Waals surface area (Å²) >= 11 is 2.83. The summed E-state index contributed by atoms with van der Waals surface area (Å²) in [5.41, 5.74) is 18.5. The molecular weight excluding hydrogens is 1120 g/mol. The molecule has 0 aliphatic carbocycles. The van der Waals surface area contributed by atoms with Crippen LogP contribution in [0.1, 0.15) is 78.1 Å². The maximum absolute atomic E-state index is 14.3. The van der Waals surface area contributed by atoms with Crippen LogP contribution in [0.15, 0.2) is 173 Å². The quantitative estimate of drug-likeness (QED) is 0.0980. The van der Waals surface area contributed by atoms with Gasteiger partial charge in [-0.15, -0.1) is 44.7 Å². The maximum atomic E-state index is 14.3. The van der Waals surface area contributed by atoms with Crippen LogP contribution in [0.5, 0.6) is 11.5 Å². The molecule has 16 heteroatoms. The summed E-state index contributed by atoms with van der Waals surface area (Å²) in [4.78, 5) is 60.2. The van der Waals surface area contributed by atoms with Crippen molar-refractivity contribution in [1.29, 1.82) is 0 Å². The van der Waals surface area contributed by atoms with Gasteiger partial charge >= 0.3 is 17.1 Å². The first-order valence-corrected chi connectivity index (χ1v) is 28.0. The SMILES string of the molecule is C=CC1=C(C)c2cc3[n-]c(cc4nc(cc5[n-]c(cc1n2)c(C)c5CCC(=O)N=c1scc(-c2ccccc2)n1-c1ccc(OC)cc1)C(CCC(=O)N=c1scc(-c2ccccc2)n1-c1ccc(OC)cc1)=C4C)c(C)c3C=C.[Cl-].[Fe+3]. The molecule has 9 aromatic rings. The minimum absolute atomic E-state index is 0. The number of nitrogens with zero attached hydrogens (tertiary/aromatic N) is 8. The van der Waals surface area contributed by atoms with Gasteiger partial charge in [0.2, 0.25) is 11.8 Å². The Morgan fingerprint density at radius 3 is 1.56 bits per heavy atom. The summed E-state index contributed by atoms with van der Waals surface area (Å²) in [6.45, 7) is 16.5. The van der Waals surface area contributed by atoms with Crippen LogP contribution in [0.25, 0.3) is 84.3 Å². The number of ether oxygens (including phenoxy) is 2. The van der Waals surface area contributed by atoms with Crippen molar-refractivity contribution in [2.24, 2.45) is 9.98 Å². The van der Waals surface area contributed by atoms with E-state index in [2.05, 4.69) is 13.2 Å². The predicted octanol–water partition coefficient (Wildman–Crippen LogP) is 10.9. The molecule has 2 amide bonds. The summed E-state index contributed by atoms with van der Waals surface area (Å²) < 4.78 is 15.0. The van der Waals surface area contributed by atoms with E-state index in [1.54, 1.807) is 14.2 Å². The number of carbonyl (C=O) groups excluding carboxylic acids is 2. The molecule has 0 N–H and O–H groups in total. The summed E-state index contributed by atoms with van der Waals surface area (Å²) in [7, 11) is 3.28. The standard InChI is InChI=1S/C66H56N8O4S2.ClH.Fe/c1-9-49-39(3)53-33-54-41(5)51(29-31-63(75)71-65-73(45-21-25-47(77-7)26-22-45)61(37-79-65)43-17-13-11-14-18-43)59(69-54)36-60-52(42(6)56(70-60)35-58-50(10-2)40(4)55(68-58)34-57(49)67-53)30-32-64(76)72-66-74(46-23-27-48(78-8)28-24-46)62(38-80-66)44-19-15-12-16-20-44;;/h9-28,33-38H,1-2,29-32H2,3-8H3;1H;/q-2;;+3/p-1. The van der Waals surface area contributed by atoms with Gasteiger partial charge in [-0.25, -0.2) is 9.97 Å². The summed E-state index contributed by atoms with van der Waals surface area (Å²) in [6, 6.07) is 43.6. The molecule has 7 heterocycles. The van der Waals surface area contributed by atoms with Gasteiger partial charge in [0.1, 0.15) is 11.5 Å². The molecule has 0 saturated carbocycles. The second-order valence-electron chi connectivity index (χ2n) is 19.4. The van der Waals surface area contributed by atoms with Gasteiger partial charge in [-0.05, 0) is 122 Å². The van der Waals surface area contributed by atoms with Gasteiger partial charge in [-0.3, -0.25) is 18.7 Å². The Balaban J connectivity index is 0.00000405. The van der Waals surface area contributed by atoms with Gasteiger partial charge in [0.05, 0.1) is 48.4 Å². The average Bonchev–Trinajstić information content (AvgIpc) is 4.42. The summed E-state index contributed by atoms with van der Waals surface area (Å²) in [5.74, 6) is 0.896. The van der Waals surface area contributed by atoms with E-state index in [4.69, 9.17) is 39.4 Å². The number of allylic oxidation sites excluding steroid dienone is 5. The first kappa shape index (κ1) is 58.2. The molecule has 2 aliphatic rings. The summed E-state index contributed by atoms with van der Waals surface area (Å²) in [6.07, 6.45) is 4.56. The Labute approximate surface area is 500 Å². The first-order chi connectivity index (χ1) is 38.9. The number of amides is 2. The molecule has 5 aromatic heterocycles. The van der Waals surface area contributed by atoms with Crippen molar-refractivity contribution in [2.75, 3.05) is 14.2 Å². The molecule has 2 aliphatic heterocycles. The zero-order chi connectivity index (χ0) is 55.6. The monoisotopic (exact) mass is 1180 g/mol. The van der Waals surface area contributed by atoms with E-state index in [0.29, 0.717) is 50.6 Å². The minimum Gasteiger partial charge on any atom is -1.00 e. The predicted molar refractivity (Wildman–Crippen MR) is 324 cm³/mol. The van der Waals surface area contributed by atoms with Crippen molar-refractivity contribution in [2.45, 2.75) is 53.4 Å². The fourth-order valence-electron chi connectivity index (χ4n) is 10.3. The van der Waals surface area contributed by atoms with Crippen molar-refractivity contribution in [1.82, 2.24) is 29.1 Å². The van der Waals surface area contributed by atoms with E-state index >= 15 is 0 Å². The molecule has 0 fully saturated rings. The number of halogens is 1. The average molecular weight is 1180 g/mol. The molecular formula is C66H56ClFeN8O4S2. The van der Waals surface area contributed by atoms with Crippen molar-refractivity contribution in [3.05, 3.63) is 218 Å². The molecule has 0 spiro atoms. The van der Waals surface area contributed by atoms with E-state index in [9.17, 15) is 9.59 Å². The number of benzene rings is 4. The van der Waals surface area contributed by atoms with Crippen LogP contribution >= 0.6 is 22.7 Å². The van der Waals surface area contributed by atoms with Gasteiger partial charge in [0.25, 0.3) is 0 Å². The molecule has 411 valence electrons. The Bertz CT molecular complexity index is 4330. The number of hydrogen-bond donors (Lipinski definition) is 0. The number of fused-ring (bicyclic) bond motifs is 8. The fourth-order valence-corrected chi connectivity index (χ4v) is 12.1. The number of rotatable bonds is 14. The van der Waals surface area contributed by atoms with Crippen LogP contribution in [-0.2, 0) is 33.1 Å². The molecule has 0 atom stereocenters. The van der Waals surface area contributed by atoms with Crippen LogP contribution < -0.4 is 41.5 Å². The van der Waals surface area contributed by atoms with Crippen LogP contribution in [0.4, 0.5) is 0 Å². The van der Waals surface area contributed by atoms with E-state index in [1.165, 1.54) is 22.7 Å².